The summed E-state index contributed by atoms with van der Waals surface area (Å²) in [5.41, 5.74) is 2.40. The lowest BCUT2D eigenvalue weighted by Gasteiger charge is -2.05. The number of fused-ring (bicyclic) bond motifs is 1. The Bertz CT molecular complexity index is 842. The Labute approximate surface area is 109 Å². The molecule has 19 heavy (non-hydrogen) atoms. The topological polar surface area (TPSA) is 47.8 Å². The molecule has 0 saturated carbocycles. The van der Waals surface area contributed by atoms with Crippen molar-refractivity contribution in [2.75, 3.05) is 0 Å². The molecule has 0 radical (unpaired) electrons. The smallest absolute Gasteiger partial charge is 0.266 e. The van der Waals surface area contributed by atoms with Crippen LogP contribution in [0.25, 0.3) is 16.7 Å². The van der Waals surface area contributed by atoms with Gasteiger partial charge >= 0.3 is 5.69 Å². The van der Waals surface area contributed by atoms with Crippen molar-refractivity contribution in [1.29, 1.82) is 0 Å². The van der Waals surface area contributed by atoms with Crippen LogP contribution in [0.2, 0.25) is 0 Å². The molecule has 0 unspecified atom stereocenters. The van der Waals surface area contributed by atoms with Gasteiger partial charge in [-0.15, -0.1) is 6.42 Å². The molecule has 1 aromatic carbocycles. The minimum absolute atomic E-state index is 0.339. The summed E-state index contributed by atoms with van der Waals surface area (Å²) in [7, 11) is 0. The maximum Gasteiger partial charge on any atom is 0.352 e. The molecule has 90 valence electrons. The highest BCUT2D eigenvalue weighted by Gasteiger charge is 2.04. The number of hydrogen-bond donors (Lipinski definition) is 0. The van der Waals surface area contributed by atoms with Gasteiger partial charge in [0.15, 0.2) is 0 Å². The molecule has 2 aromatic heterocycles. The van der Waals surface area contributed by atoms with Crippen LogP contribution >= 0.6 is 0 Å². The standard InChI is InChI=1S/C15H9N3O/c1-2-11-5-7-12(8-6-11)18-10-14-13(17-15(18)19)4-3-9-16-14/h1,3-10H. The number of aromatic nitrogens is 3. The fourth-order valence-corrected chi connectivity index (χ4v) is 1.84. The van der Waals surface area contributed by atoms with Gasteiger partial charge in [0.05, 0.1) is 11.2 Å². The number of pyridine rings is 1. The average molecular weight is 247 g/mol. The molecule has 0 bridgehead atoms. The number of rotatable bonds is 1. The third-order valence-corrected chi connectivity index (χ3v) is 2.80. The third kappa shape index (κ3) is 1.98. The Hall–Kier alpha value is -2.93. The molecule has 0 fully saturated rings. The minimum atomic E-state index is -0.339. The molecule has 3 rings (SSSR count). The van der Waals surface area contributed by atoms with E-state index < -0.39 is 0 Å². The van der Waals surface area contributed by atoms with Gasteiger partial charge in [0, 0.05) is 18.0 Å². The van der Waals surface area contributed by atoms with Crippen molar-refractivity contribution in [1.82, 2.24) is 14.5 Å². The van der Waals surface area contributed by atoms with E-state index in [4.69, 9.17) is 6.42 Å². The van der Waals surface area contributed by atoms with E-state index in [0.717, 1.165) is 5.56 Å². The van der Waals surface area contributed by atoms with E-state index in [2.05, 4.69) is 15.9 Å². The maximum atomic E-state index is 12.0. The highest BCUT2D eigenvalue weighted by Crippen LogP contribution is 2.10. The normalized spacial score (nSPS) is 10.3. The van der Waals surface area contributed by atoms with Crippen molar-refractivity contribution in [2.24, 2.45) is 0 Å². The summed E-state index contributed by atoms with van der Waals surface area (Å²) in [4.78, 5) is 20.2. The summed E-state index contributed by atoms with van der Waals surface area (Å²) < 4.78 is 1.45. The summed E-state index contributed by atoms with van der Waals surface area (Å²) in [6, 6.07) is 10.6. The van der Waals surface area contributed by atoms with Crippen LogP contribution in [0.3, 0.4) is 0 Å². The monoisotopic (exact) mass is 247 g/mol. The zero-order valence-electron chi connectivity index (χ0n) is 9.95. The molecule has 4 nitrogen and oxygen atoms in total. The zero-order valence-corrected chi connectivity index (χ0v) is 9.95. The van der Waals surface area contributed by atoms with E-state index in [1.165, 1.54) is 4.57 Å². The van der Waals surface area contributed by atoms with Crippen molar-refractivity contribution in [3.8, 4) is 18.0 Å². The van der Waals surface area contributed by atoms with Gasteiger partial charge in [0.1, 0.15) is 5.52 Å². The Balaban J connectivity index is 2.21. The van der Waals surface area contributed by atoms with Gasteiger partial charge in [-0.05, 0) is 36.4 Å². The summed E-state index contributed by atoms with van der Waals surface area (Å²) >= 11 is 0. The van der Waals surface area contributed by atoms with Gasteiger partial charge in [0.2, 0.25) is 0 Å². The van der Waals surface area contributed by atoms with E-state index in [0.29, 0.717) is 16.7 Å². The molecular weight excluding hydrogens is 238 g/mol. The molecule has 4 heteroatoms. The largest absolute Gasteiger partial charge is 0.352 e. The van der Waals surface area contributed by atoms with E-state index in [9.17, 15) is 4.79 Å². The van der Waals surface area contributed by atoms with Crippen molar-refractivity contribution in [3.05, 3.63) is 64.8 Å². The van der Waals surface area contributed by atoms with Crippen LogP contribution in [-0.2, 0) is 0 Å². The van der Waals surface area contributed by atoms with Gasteiger partial charge in [-0.2, -0.15) is 4.98 Å². The van der Waals surface area contributed by atoms with Crippen molar-refractivity contribution in [3.63, 3.8) is 0 Å². The van der Waals surface area contributed by atoms with Gasteiger partial charge in [-0.1, -0.05) is 5.92 Å². The summed E-state index contributed by atoms with van der Waals surface area (Å²) in [5.74, 6) is 2.53. The third-order valence-electron chi connectivity index (χ3n) is 2.80. The van der Waals surface area contributed by atoms with E-state index in [-0.39, 0.29) is 5.69 Å². The highest BCUT2D eigenvalue weighted by molar-refractivity contribution is 5.72. The van der Waals surface area contributed by atoms with Gasteiger partial charge in [0.25, 0.3) is 0 Å². The van der Waals surface area contributed by atoms with Crippen molar-refractivity contribution < 1.29 is 0 Å². The van der Waals surface area contributed by atoms with E-state index in [1.807, 2.05) is 0 Å². The fourth-order valence-electron chi connectivity index (χ4n) is 1.84. The first kappa shape index (κ1) is 11.2. The van der Waals surface area contributed by atoms with Crippen molar-refractivity contribution >= 4 is 11.0 Å². The van der Waals surface area contributed by atoms with Crippen LogP contribution in [0, 0.1) is 12.3 Å². The fraction of sp³-hybridized carbons (Fsp3) is 0. The molecule has 3 aromatic rings. The molecule has 2 heterocycles. The van der Waals surface area contributed by atoms with Crippen LogP contribution in [0.4, 0.5) is 0 Å². The summed E-state index contributed by atoms with van der Waals surface area (Å²) in [5, 5.41) is 0. The van der Waals surface area contributed by atoms with Crippen LogP contribution in [0.1, 0.15) is 5.56 Å². The highest BCUT2D eigenvalue weighted by atomic mass is 16.1. The van der Waals surface area contributed by atoms with Crippen LogP contribution < -0.4 is 5.69 Å². The number of terminal acetylenes is 1. The van der Waals surface area contributed by atoms with Crippen LogP contribution in [-0.4, -0.2) is 14.5 Å². The van der Waals surface area contributed by atoms with E-state index >= 15 is 0 Å². The Morgan fingerprint density at radius 1 is 1.11 bits per heavy atom. The summed E-state index contributed by atoms with van der Waals surface area (Å²) in [6.45, 7) is 0. The second-order valence-corrected chi connectivity index (χ2v) is 3.99. The second-order valence-electron chi connectivity index (χ2n) is 3.99. The predicted molar refractivity (Wildman–Crippen MR) is 73.1 cm³/mol. The molecule has 0 amide bonds. The zero-order chi connectivity index (χ0) is 13.2. The quantitative estimate of drug-likeness (QED) is 0.616. The lowest BCUT2D eigenvalue weighted by molar-refractivity contribution is 0.933. The van der Waals surface area contributed by atoms with Crippen molar-refractivity contribution in [2.45, 2.75) is 0 Å². The Kier molecular flexibility index (Phi) is 2.58. The number of hydrogen-bond acceptors (Lipinski definition) is 3. The molecule has 0 aliphatic rings. The van der Waals surface area contributed by atoms with Gasteiger partial charge in [-0.3, -0.25) is 9.55 Å². The first-order chi connectivity index (χ1) is 9.28. The SMILES string of the molecule is C#Cc1ccc(-n2cc3ncccc3nc2=O)cc1. The molecule has 0 atom stereocenters. The molecule has 0 N–H and O–H groups in total. The first-order valence-corrected chi connectivity index (χ1v) is 5.69. The number of nitrogens with zero attached hydrogens (tertiary/aromatic N) is 3. The molecule has 0 aliphatic carbocycles. The lowest BCUT2D eigenvalue weighted by atomic mass is 10.2. The maximum absolute atomic E-state index is 12.0. The molecule has 0 saturated heterocycles. The lowest BCUT2D eigenvalue weighted by Crippen LogP contribution is -2.20. The molecule has 0 aliphatic heterocycles. The van der Waals surface area contributed by atoms with Gasteiger partial charge in [-0.25, -0.2) is 4.79 Å². The Morgan fingerprint density at radius 2 is 1.89 bits per heavy atom. The second kappa shape index (κ2) is 4.39. The number of benzene rings is 1. The van der Waals surface area contributed by atoms with Crippen LogP contribution in [0.15, 0.2) is 53.6 Å². The Morgan fingerprint density at radius 3 is 2.63 bits per heavy atom. The van der Waals surface area contributed by atoms with Crippen LogP contribution in [0.5, 0.6) is 0 Å². The summed E-state index contributed by atoms with van der Waals surface area (Å²) in [6.07, 6.45) is 8.65. The minimum Gasteiger partial charge on any atom is -0.266 e. The van der Waals surface area contributed by atoms with E-state index in [1.54, 1.807) is 48.8 Å². The molecule has 0 spiro atoms. The van der Waals surface area contributed by atoms with Gasteiger partial charge < -0.3 is 0 Å². The predicted octanol–water partition coefficient (Wildman–Crippen LogP) is 1.76. The average Bonchev–Trinajstić information content (AvgIpc) is 2.47. The first-order valence-electron chi connectivity index (χ1n) is 5.69. The molecular formula is C15H9N3O.